The van der Waals surface area contributed by atoms with Crippen molar-refractivity contribution in [3.05, 3.63) is 29.8 Å². The van der Waals surface area contributed by atoms with Gasteiger partial charge in [-0.15, -0.1) is 0 Å². The van der Waals surface area contributed by atoms with E-state index in [1.807, 2.05) is 36.1 Å². The van der Waals surface area contributed by atoms with Crippen molar-refractivity contribution in [1.29, 1.82) is 0 Å². The normalized spacial score (nSPS) is 29.0. The largest absolute Gasteiger partial charge is 0.497 e. The van der Waals surface area contributed by atoms with Crippen LogP contribution in [-0.4, -0.2) is 36.5 Å². The molecule has 4 atom stereocenters. The Kier molecular flexibility index (Phi) is 4.28. The van der Waals surface area contributed by atoms with Crippen LogP contribution in [0.5, 0.6) is 5.75 Å². The smallest absolute Gasteiger partial charge is 0.311 e. The topological polar surface area (TPSA) is 55.8 Å². The van der Waals surface area contributed by atoms with Gasteiger partial charge in [-0.3, -0.25) is 9.59 Å². The van der Waals surface area contributed by atoms with Crippen LogP contribution in [0.3, 0.4) is 0 Å². The van der Waals surface area contributed by atoms with Crippen LogP contribution in [0.15, 0.2) is 24.3 Å². The van der Waals surface area contributed by atoms with Crippen LogP contribution in [0, 0.1) is 17.8 Å². The standard InChI is InChI=1S/C18H23NO4/c1-4-23-18(21)16-15-11(2)9-14(20)19(17(15)16)10-12-5-7-13(22-3)8-6-12/h5-8,11,15-17H,4,9-10H2,1-3H3/t11-,15-,16+,17-/m1/s1. The molecule has 1 aromatic carbocycles. The van der Waals surface area contributed by atoms with Gasteiger partial charge in [0.15, 0.2) is 0 Å². The number of esters is 1. The van der Waals surface area contributed by atoms with Gasteiger partial charge in [0, 0.05) is 19.0 Å². The van der Waals surface area contributed by atoms with Crippen molar-refractivity contribution in [2.24, 2.45) is 17.8 Å². The van der Waals surface area contributed by atoms with Crippen LogP contribution < -0.4 is 4.74 Å². The predicted octanol–water partition coefficient (Wildman–Crippen LogP) is 2.24. The van der Waals surface area contributed by atoms with E-state index in [0.717, 1.165) is 11.3 Å². The predicted molar refractivity (Wildman–Crippen MR) is 84.7 cm³/mol. The number of hydrogen-bond acceptors (Lipinski definition) is 4. The maximum Gasteiger partial charge on any atom is 0.311 e. The fourth-order valence-electron chi connectivity index (χ4n) is 3.76. The third-order valence-electron chi connectivity index (χ3n) is 4.94. The Morgan fingerprint density at radius 3 is 2.61 bits per heavy atom. The third kappa shape index (κ3) is 2.92. The van der Waals surface area contributed by atoms with Gasteiger partial charge in [-0.2, -0.15) is 0 Å². The van der Waals surface area contributed by atoms with Gasteiger partial charge in [0.05, 0.1) is 19.6 Å². The van der Waals surface area contributed by atoms with Crippen molar-refractivity contribution in [1.82, 2.24) is 4.90 Å². The Bertz CT molecular complexity index is 598. The molecule has 1 aliphatic heterocycles. The van der Waals surface area contributed by atoms with Gasteiger partial charge in [0.25, 0.3) is 0 Å². The number of nitrogens with zero attached hydrogens (tertiary/aromatic N) is 1. The lowest BCUT2D eigenvalue weighted by Gasteiger charge is -2.29. The highest BCUT2D eigenvalue weighted by molar-refractivity contribution is 5.84. The van der Waals surface area contributed by atoms with Crippen molar-refractivity contribution in [2.75, 3.05) is 13.7 Å². The maximum atomic E-state index is 12.4. The fraction of sp³-hybridized carbons (Fsp3) is 0.556. The third-order valence-corrected chi connectivity index (χ3v) is 4.94. The fourth-order valence-corrected chi connectivity index (χ4v) is 3.76. The lowest BCUT2D eigenvalue weighted by Crippen LogP contribution is -2.39. The number of carbonyl (C=O) groups excluding carboxylic acids is 2. The van der Waals surface area contributed by atoms with Crippen LogP contribution in [-0.2, 0) is 20.9 Å². The van der Waals surface area contributed by atoms with E-state index in [-0.39, 0.29) is 35.7 Å². The summed E-state index contributed by atoms with van der Waals surface area (Å²) in [5, 5.41) is 0. The van der Waals surface area contributed by atoms with Gasteiger partial charge in [0.1, 0.15) is 5.75 Å². The molecule has 1 saturated carbocycles. The molecular weight excluding hydrogens is 294 g/mol. The molecule has 5 heteroatoms. The quantitative estimate of drug-likeness (QED) is 0.782. The summed E-state index contributed by atoms with van der Waals surface area (Å²) in [5.74, 6) is 1.08. The molecule has 0 radical (unpaired) electrons. The molecule has 0 bridgehead atoms. The number of rotatable bonds is 5. The highest BCUT2D eigenvalue weighted by atomic mass is 16.5. The van der Waals surface area contributed by atoms with Gasteiger partial charge >= 0.3 is 5.97 Å². The number of carbonyl (C=O) groups is 2. The van der Waals surface area contributed by atoms with E-state index < -0.39 is 0 Å². The summed E-state index contributed by atoms with van der Waals surface area (Å²) in [4.78, 5) is 26.4. The second-order valence-corrected chi connectivity index (χ2v) is 6.40. The lowest BCUT2D eigenvalue weighted by atomic mass is 9.96. The van der Waals surface area contributed by atoms with E-state index in [1.54, 1.807) is 7.11 Å². The highest BCUT2D eigenvalue weighted by Crippen LogP contribution is 2.53. The van der Waals surface area contributed by atoms with E-state index >= 15 is 0 Å². The Labute approximate surface area is 136 Å². The molecule has 2 aliphatic rings. The molecular formula is C18H23NO4. The van der Waals surface area contributed by atoms with E-state index in [2.05, 4.69) is 6.92 Å². The average molecular weight is 317 g/mol. The van der Waals surface area contributed by atoms with Crippen LogP contribution in [0.2, 0.25) is 0 Å². The van der Waals surface area contributed by atoms with Crippen LogP contribution in [0.4, 0.5) is 0 Å². The molecule has 0 N–H and O–H groups in total. The molecule has 23 heavy (non-hydrogen) atoms. The number of fused-ring (bicyclic) bond motifs is 1. The molecule has 1 amide bonds. The second-order valence-electron chi connectivity index (χ2n) is 6.40. The highest BCUT2D eigenvalue weighted by Gasteiger charge is 2.64. The summed E-state index contributed by atoms with van der Waals surface area (Å²) >= 11 is 0. The first-order valence-electron chi connectivity index (χ1n) is 8.15. The Morgan fingerprint density at radius 2 is 2.00 bits per heavy atom. The van der Waals surface area contributed by atoms with E-state index in [4.69, 9.17) is 9.47 Å². The van der Waals surface area contributed by atoms with Crippen molar-refractivity contribution in [3.63, 3.8) is 0 Å². The van der Waals surface area contributed by atoms with Crippen molar-refractivity contribution in [3.8, 4) is 5.75 Å². The Balaban J connectivity index is 1.75. The second kappa shape index (κ2) is 6.22. The molecule has 0 unspecified atom stereocenters. The van der Waals surface area contributed by atoms with E-state index in [1.165, 1.54) is 0 Å². The minimum Gasteiger partial charge on any atom is -0.497 e. The van der Waals surface area contributed by atoms with Crippen LogP contribution >= 0.6 is 0 Å². The van der Waals surface area contributed by atoms with E-state index in [9.17, 15) is 9.59 Å². The van der Waals surface area contributed by atoms with Gasteiger partial charge < -0.3 is 14.4 Å². The average Bonchev–Trinajstić information content (AvgIpc) is 3.28. The number of hydrogen-bond donors (Lipinski definition) is 0. The monoisotopic (exact) mass is 317 g/mol. The minimum atomic E-state index is -0.163. The molecule has 0 aromatic heterocycles. The molecule has 2 fully saturated rings. The number of piperidine rings is 1. The summed E-state index contributed by atoms with van der Waals surface area (Å²) in [6.07, 6.45) is 0.507. The summed E-state index contributed by atoms with van der Waals surface area (Å²) in [6, 6.07) is 7.69. The summed E-state index contributed by atoms with van der Waals surface area (Å²) < 4.78 is 10.3. The number of methoxy groups -OCH3 is 1. The number of likely N-dealkylation sites (tertiary alicyclic amines) is 1. The molecule has 1 aromatic rings. The number of ether oxygens (including phenoxy) is 2. The van der Waals surface area contributed by atoms with Gasteiger partial charge in [-0.05, 0) is 36.5 Å². The van der Waals surface area contributed by atoms with Crippen LogP contribution in [0.25, 0.3) is 0 Å². The van der Waals surface area contributed by atoms with Gasteiger partial charge in [0.2, 0.25) is 5.91 Å². The molecule has 0 spiro atoms. The van der Waals surface area contributed by atoms with Crippen molar-refractivity contribution >= 4 is 11.9 Å². The molecule has 1 saturated heterocycles. The first-order valence-corrected chi connectivity index (χ1v) is 8.15. The minimum absolute atomic E-state index is 0.00704. The lowest BCUT2D eigenvalue weighted by molar-refractivity contribution is -0.145. The van der Waals surface area contributed by atoms with Crippen LogP contribution in [0.1, 0.15) is 25.8 Å². The SMILES string of the molecule is CCOC(=O)[C@H]1[C@@H]2[C@H]1N(Cc1ccc(OC)cc1)C(=O)C[C@H]2C. The molecule has 5 nitrogen and oxygen atoms in total. The zero-order valence-corrected chi connectivity index (χ0v) is 13.8. The van der Waals surface area contributed by atoms with Gasteiger partial charge in [-0.1, -0.05) is 19.1 Å². The molecule has 124 valence electrons. The Morgan fingerprint density at radius 1 is 1.30 bits per heavy atom. The number of benzene rings is 1. The Hall–Kier alpha value is -2.04. The number of amides is 1. The zero-order valence-electron chi connectivity index (χ0n) is 13.8. The molecule has 1 heterocycles. The van der Waals surface area contributed by atoms with Gasteiger partial charge in [-0.25, -0.2) is 0 Å². The summed E-state index contributed by atoms with van der Waals surface area (Å²) in [6.45, 7) is 4.79. The maximum absolute atomic E-state index is 12.4. The first-order chi connectivity index (χ1) is 11.1. The van der Waals surface area contributed by atoms with Crippen molar-refractivity contribution in [2.45, 2.75) is 32.9 Å². The molecule has 3 rings (SSSR count). The summed E-state index contributed by atoms with van der Waals surface area (Å²) in [7, 11) is 1.63. The first kappa shape index (κ1) is 15.8. The van der Waals surface area contributed by atoms with Crippen molar-refractivity contribution < 1.29 is 19.1 Å². The zero-order chi connectivity index (χ0) is 16.6. The van der Waals surface area contributed by atoms with E-state index in [0.29, 0.717) is 19.6 Å². The molecule has 1 aliphatic carbocycles. The summed E-state index contributed by atoms with van der Waals surface area (Å²) in [5.41, 5.74) is 1.04.